The van der Waals surface area contributed by atoms with Gasteiger partial charge in [0, 0.05) is 7.05 Å². The Hall–Kier alpha value is -1.64. The molecule has 0 aliphatic heterocycles. The molecule has 1 N–H and O–H groups in total. The van der Waals surface area contributed by atoms with Crippen LogP contribution in [0.3, 0.4) is 0 Å². The lowest BCUT2D eigenvalue weighted by atomic mass is 10.2. The van der Waals surface area contributed by atoms with Gasteiger partial charge in [0.1, 0.15) is 11.2 Å². The normalized spacial score (nSPS) is 10.8. The molecule has 24 heavy (non-hydrogen) atoms. The molecule has 0 aliphatic carbocycles. The zero-order valence-corrected chi connectivity index (χ0v) is 16.3. The van der Waals surface area contributed by atoms with Crippen molar-refractivity contribution in [2.45, 2.75) is 11.8 Å². The van der Waals surface area contributed by atoms with Gasteiger partial charge in [-0.2, -0.15) is 5.10 Å². The van der Waals surface area contributed by atoms with Gasteiger partial charge in [0.25, 0.3) is 0 Å². The molecule has 0 saturated heterocycles. The van der Waals surface area contributed by atoms with Crippen LogP contribution in [0.1, 0.15) is 5.56 Å². The van der Waals surface area contributed by atoms with Crippen LogP contribution in [0.4, 0.5) is 0 Å². The Kier molecular flexibility index (Phi) is 5.37. The molecule has 0 spiro atoms. The number of nitrogens with zero attached hydrogens (tertiary/aromatic N) is 3. The fraction of sp³-hybridized carbons (Fsp3) is 0.188. The minimum Gasteiger partial charge on any atom is -0.473 e. The summed E-state index contributed by atoms with van der Waals surface area (Å²) in [6.07, 6.45) is 3.67. The largest absolute Gasteiger partial charge is 0.473 e. The molecule has 124 valence electrons. The van der Waals surface area contributed by atoms with Crippen molar-refractivity contribution in [1.29, 1.82) is 0 Å². The van der Waals surface area contributed by atoms with Gasteiger partial charge in [-0.3, -0.25) is 4.68 Å². The fourth-order valence-corrected chi connectivity index (χ4v) is 3.53. The first-order valence-electron chi connectivity index (χ1n) is 7.13. The van der Waals surface area contributed by atoms with Crippen molar-refractivity contribution < 1.29 is 4.74 Å². The van der Waals surface area contributed by atoms with E-state index in [9.17, 15) is 0 Å². The van der Waals surface area contributed by atoms with Crippen LogP contribution in [0.15, 0.2) is 46.2 Å². The summed E-state index contributed by atoms with van der Waals surface area (Å²) in [4.78, 5) is 7.64. The Morgan fingerprint density at radius 2 is 2.08 bits per heavy atom. The van der Waals surface area contributed by atoms with Crippen LogP contribution < -0.4 is 4.74 Å². The molecule has 3 rings (SSSR count). The second-order valence-electron chi connectivity index (χ2n) is 4.99. The lowest BCUT2D eigenvalue weighted by Crippen LogP contribution is -2.04. The van der Waals surface area contributed by atoms with Crippen molar-refractivity contribution >= 4 is 39.9 Å². The highest BCUT2D eigenvalue weighted by Crippen LogP contribution is 2.35. The number of ether oxygens (including phenoxy) is 1. The van der Waals surface area contributed by atoms with E-state index in [1.165, 1.54) is 11.8 Å². The molecule has 0 fully saturated rings. The number of thioether (sulfide) groups is 1. The van der Waals surface area contributed by atoms with E-state index in [2.05, 4.69) is 31.0 Å². The predicted octanol–water partition coefficient (Wildman–Crippen LogP) is 4.60. The molecule has 0 atom stereocenters. The van der Waals surface area contributed by atoms with E-state index in [1.807, 2.05) is 43.6 Å². The summed E-state index contributed by atoms with van der Waals surface area (Å²) in [7, 11) is 1.86. The number of H-pyrrole nitrogens is 1. The Labute approximate surface area is 157 Å². The molecule has 0 radical (unpaired) electrons. The van der Waals surface area contributed by atoms with E-state index in [1.54, 1.807) is 10.9 Å². The lowest BCUT2D eigenvalue weighted by molar-refractivity contribution is 0.291. The summed E-state index contributed by atoms with van der Waals surface area (Å²) in [5.41, 5.74) is 2.64. The molecule has 0 unspecified atom stereocenters. The molecule has 2 heterocycles. The molecule has 0 aliphatic rings. The fourth-order valence-electron chi connectivity index (χ4n) is 2.27. The van der Waals surface area contributed by atoms with Crippen molar-refractivity contribution in [2.75, 3.05) is 6.26 Å². The zero-order valence-electron chi connectivity index (χ0n) is 13.1. The quantitative estimate of drug-likeness (QED) is 0.369. The second-order valence-corrected chi connectivity index (χ2v) is 7.03. The van der Waals surface area contributed by atoms with Crippen LogP contribution in [0, 0.1) is 4.64 Å². The number of nitrogens with one attached hydrogen (secondary N) is 1. The summed E-state index contributed by atoms with van der Waals surface area (Å²) in [6, 6.07) is 9.99. The van der Waals surface area contributed by atoms with E-state index in [-0.39, 0.29) is 0 Å². The van der Waals surface area contributed by atoms with Crippen molar-refractivity contribution in [2.24, 2.45) is 7.05 Å². The Morgan fingerprint density at radius 1 is 1.33 bits per heavy atom. The summed E-state index contributed by atoms with van der Waals surface area (Å²) in [6.45, 7) is 0.437. The van der Waals surface area contributed by atoms with Crippen LogP contribution in [0.25, 0.3) is 11.3 Å². The van der Waals surface area contributed by atoms with Crippen molar-refractivity contribution in [3.63, 3.8) is 0 Å². The molecule has 0 saturated carbocycles. The van der Waals surface area contributed by atoms with E-state index >= 15 is 0 Å². The maximum atomic E-state index is 6.04. The first-order chi connectivity index (χ1) is 11.6. The van der Waals surface area contributed by atoms with Gasteiger partial charge in [-0.15, -0.1) is 0 Å². The topological polar surface area (TPSA) is 55.7 Å². The summed E-state index contributed by atoms with van der Waals surface area (Å²) in [5.74, 6) is 0.590. The zero-order chi connectivity index (χ0) is 17.1. The molecule has 3 aromatic rings. The molecular formula is C16H15BrN4OS2. The number of benzene rings is 1. The molecule has 0 amide bonds. The first kappa shape index (κ1) is 17.2. The first-order valence-corrected chi connectivity index (χ1v) is 9.55. The number of aromatic nitrogens is 4. The van der Waals surface area contributed by atoms with Gasteiger partial charge in [-0.25, -0.2) is 4.98 Å². The van der Waals surface area contributed by atoms with Gasteiger partial charge in [-0.05, 0) is 27.7 Å². The number of hydrogen-bond acceptors (Lipinski definition) is 5. The summed E-state index contributed by atoms with van der Waals surface area (Å²) < 4.78 is 9.11. The third-order valence-electron chi connectivity index (χ3n) is 3.41. The van der Waals surface area contributed by atoms with E-state index in [4.69, 9.17) is 17.0 Å². The van der Waals surface area contributed by atoms with Crippen LogP contribution in [0.5, 0.6) is 5.88 Å². The van der Waals surface area contributed by atoms with Gasteiger partial charge in [0.05, 0.1) is 21.9 Å². The van der Waals surface area contributed by atoms with Crippen molar-refractivity contribution in [1.82, 2.24) is 19.7 Å². The van der Waals surface area contributed by atoms with Crippen molar-refractivity contribution in [3.05, 3.63) is 51.2 Å². The number of halogens is 1. The van der Waals surface area contributed by atoms with Crippen LogP contribution in [-0.4, -0.2) is 26.0 Å². The van der Waals surface area contributed by atoms with Gasteiger partial charge < -0.3 is 9.72 Å². The minimum absolute atomic E-state index is 0.437. The lowest BCUT2D eigenvalue weighted by Gasteiger charge is -2.13. The highest BCUT2D eigenvalue weighted by atomic mass is 79.9. The Balaban J connectivity index is 2.06. The highest BCUT2D eigenvalue weighted by Gasteiger charge is 2.19. The summed E-state index contributed by atoms with van der Waals surface area (Å²) >= 11 is 10.5. The molecule has 5 nitrogen and oxygen atoms in total. The number of aryl methyl sites for hydroxylation is 1. The van der Waals surface area contributed by atoms with E-state index in [0.717, 1.165) is 21.3 Å². The smallest absolute Gasteiger partial charge is 0.205 e. The molecular weight excluding hydrogens is 408 g/mol. The van der Waals surface area contributed by atoms with Gasteiger partial charge in [-0.1, -0.05) is 54.3 Å². The molecule has 8 heteroatoms. The maximum absolute atomic E-state index is 6.04. The van der Waals surface area contributed by atoms with Gasteiger partial charge >= 0.3 is 0 Å². The monoisotopic (exact) mass is 422 g/mol. The summed E-state index contributed by atoms with van der Waals surface area (Å²) in [5, 5.41) is 4.97. The standard InChI is InChI=1S/C16H15BrN4OS2/c1-21-13(11(17)8-18-21)12-14(19-16(24-2)20-15(12)23)22-9-10-6-4-3-5-7-10/h3-8H,9H2,1-2H3,(H,19,20,23). The average molecular weight is 423 g/mol. The van der Waals surface area contributed by atoms with Crippen molar-refractivity contribution in [3.8, 4) is 17.1 Å². The van der Waals surface area contributed by atoms with Gasteiger partial charge in [0.2, 0.25) is 5.88 Å². The number of aromatic amines is 1. The minimum atomic E-state index is 0.437. The Bertz CT molecular complexity index is 889. The highest BCUT2D eigenvalue weighted by molar-refractivity contribution is 9.10. The van der Waals surface area contributed by atoms with Gasteiger partial charge in [0.15, 0.2) is 5.16 Å². The second kappa shape index (κ2) is 7.50. The van der Waals surface area contributed by atoms with Crippen LogP contribution >= 0.6 is 39.9 Å². The van der Waals surface area contributed by atoms with Crippen LogP contribution in [0.2, 0.25) is 0 Å². The maximum Gasteiger partial charge on any atom is 0.205 e. The number of rotatable bonds is 5. The molecule has 2 aromatic heterocycles. The van der Waals surface area contributed by atoms with E-state index in [0.29, 0.717) is 22.3 Å². The van der Waals surface area contributed by atoms with E-state index < -0.39 is 0 Å². The average Bonchev–Trinajstić information content (AvgIpc) is 2.92. The molecule has 1 aromatic carbocycles. The third-order valence-corrected chi connectivity index (χ3v) is 4.87. The predicted molar refractivity (Wildman–Crippen MR) is 102 cm³/mol. The van der Waals surface area contributed by atoms with Crippen LogP contribution in [-0.2, 0) is 13.7 Å². The Morgan fingerprint density at radius 3 is 2.71 bits per heavy atom. The third kappa shape index (κ3) is 3.55. The SMILES string of the molecule is CSc1nc(=S)c(-c2c(Br)cnn2C)c(OCc2ccccc2)[nH]1. The number of hydrogen-bond donors (Lipinski definition) is 1. The molecule has 0 bridgehead atoms.